The highest BCUT2D eigenvalue weighted by atomic mass is 35.5. The third kappa shape index (κ3) is 2.56. The van der Waals surface area contributed by atoms with E-state index in [9.17, 15) is 9.90 Å². The van der Waals surface area contributed by atoms with E-state index in [1.807, 2.05) is 0 Å². The number of nitrogens with zero attached hydrogens (tertiary/aromatic N) is 1. The molecule has 5 nitrogen and oxygen atoms in total. The molecule has 0 saturated carbocycles. The number of nitrogen functional groups attached to an aromatic ring is 1. The zero-order chi connectivity index (χ0) is 12.3. The second-order valence-corrected chi connectivity index (χ2v) is 3.52. The molecule has 6 heteroatoms. The minimum atomic E-state index is -0.485. The van der Waals surface area contributed by atoms with Crippen molar-refractivity contribution in [2.24, 2.45) is 0 Å². The maximum absolute atomic E-state index is 11.8. The van der Waals surface area contributed by atoms with E-state index in [-0.39, 0.29) is 22.0 Å². The lowest BCUT2D eigenvalue weighted by Gasteiger charge is -2.16. The molecule has 3 N–H and O–H groups in total. The molecule has 0 unspecified atom stereocenters. The Bertz CT molecular complexity index is 409. The number of aromatic hydroxyl groups is 1. The standard InChI is InChI=1S/C10H13ClN2O3/c1-3-16-13(2)10(15)6-4-7(11)8(12)5-9(6)14/h4-5,14H,3,12H2,1-2H3. The van der Waals surface area contributed by atoms with E-state index in [4.69, 9.17) is 22.2 Å². The lowest BCUT2D eigenvalue weighted by Crippen LogP contribution is -2.27. The summed E-state index contributed by atoms with van der Waals surface area (Å²) in [5, 5.41) is 10.8. The summed E-state index contributed by atoms with van der Waals surface area (Å²) in [6.45, 7) is 2.10. The van der Waals surface area contributed by atoms with E-state index in [1.54, 1.807) is 6.92 Å². The predicted octanol–water partition coefficient (Wildman–Crippen LogP) is 1.65. The van der Waals surface area contributed by atoms with Gasteiger partial charge >= 0.3 is 0 Å². The van der Waals surface area contributed by atoms with Gasteiger partial charge in [0.05, 0.1) is 22.9 Å². The Balaban J connectivity index is 3.04. The molecule has 0 spiro atoms. The molecule has 1 aromatic carbocycles. The van der Waals surface area contributed by atoms with E-state index in [0.717, 1.165) is 5.06 Å². The Labute approximate surface area is 98.3 Å². The first-order chi connectivity index (χ1) is 7.47. The Kier molecular flexibility index (Phi) is 3.98. The number of hydrogen-bond donors (Lipinski definition) is 2. The van der Waals surface area contributed by atoms with Crippen LogP contribution in [0.2, 0.25) is 5.02 Å². The van der Waals surface area contributed by atoms with Crippen LogP contribution in [0.5, 0.6) is 5.75 Å². The van der Waals surface area contributed by atoms with E-state index < -0.39 is 5.91 Å². The van der Waals surface area contributed by atoms with E-state index >= 15 is 0 Å². The van der Waals surface area contributed by atoms with Gasteiger partial charge in [-0.1, -0.05) is 11.6 Å². The van der Waals surface area contributed by atoms with Gasteiger partial charge in [0.2, 0.25) is 0 Å². The smallest absolute Gasteiger partial charge is 0.280 e. The molecule has 0 bridgehead atoms. The van der Waals surface area contributed by atoms with E-state index in [2.05, 4.69) is 0 Å². The van der Waals surface area contributed by atoms with Gasteiger partial charge in [-0.3, -0.25) is 9.63 Å². The second-order valence-electron chi connectivity index (χ2n) is 3.11. The minimum absolute atomic E-state index is 0.0511. The van der Waals surface area contributed by atoms with Gasteiger partial charge < -0.3 is 10.8 Å². The quantitative estimate of drug-likeness (QED) is 0.626. The maximum Gasteiger partial charge on any atom is 0.280 e. The lowest BCUT2D eigenvalue weighted by atomic mass is 10.1. The topological polar surface area (TPSA) is 75.8 Å². The van der Waals surface area contributed by atoms with Crippen LogP contribution in [0.3, 0.4) is 0 Å². The molecule has 0 fully saturated rings. The summed E-state index contributed by atoms with van der Waals surface area (Å²) < 4.78 is 0. The molecule has 0 aromatic heterocycles. The molecular weight excluding hydrogens is 232 g/mol. The molecular formula is C10H13ClN2O3. The van der Waals surface area contributed by atoms with Crippen LogP contribution >= 0.6 is 11.6 Å². The molecule has 88 valence electrons. The summed E-state index contributed by atoms with van der Waals surface area (Å²) in [5.74, 6) is -0.709. The number of amides is 1. The normalized spacial score (nSPS) is 10.2. The summed E-state index contributed by atoms with van der Waals surface area (Å²) in [6, 6.07) is 2.54. The van der Waals surface area contributed by atoms with Crippen LogP contribution in [0.15, 0.2) is 12.1 Å². The number of benzene rings is 1. The van der Waals surface area contributed by atoms with Crippen LogP contribution in [0.1, 0.15) is 17.3 Å². The van der Waals surface area contributed by atoms with Crippen LogP contribution in [-0.4, -0.2) is 29.7 Å². The van der Waals surface area contributed by atoms with Gasteiger partial charge in [-0.05, 0) is 13.0 Å². The highest BCUT2D eigenvalue weighted by Gasteiger charge is 2.17. The van der Waals surface area contributed by atoms with Crippen molar-refractivity contribution in [3.05, 3.63) is 22.7 Å². The van der Waals surface area contributed by atoms with E-state index in [0.29, 0.717) is 6.61 Å². The molecule has 0 aliphatic rings. The fourth-order valence-electron chi connectivity index (χ4n) is 1.17. The molecule has 0 aliphatic carbocycles. The van der Waals surface area contributed by atoms with Crippen molar-refractivity contribution in [1.29, 1.82) is 0 Å². The van der Waals surface area contributed by atoms with E-state index in [1.165, 1.54) is 19.2 Å². The van der Waals surface area contributed by atoms with Crippen molar-refractivity contribution < 1.29 is 14.7 Å². The minimum Gasteiger partial charge on any atom is -0.507 e. The second kappa shape index (κ2) is 5.05. The van der Waals surface area contributed by atoms with Gasteiger partial charge in [0.15, 0.2) is 0 Å². The van der Waals surface area contributed by atoms with Gasteiger partial charge in [0.25, 0.3) is 5.91 Å². The van der Waals surface area contributed by atoms with Gasteiger partial charge in [-0.25, -0.2) is 5.06 Å². The van der Waals surface area contributed by atoms with Gasteiger partial charge in [0.1, 0.15) is 5.75 Å². The molecule has 1 amide bonds. The number of halogens is 1. The van der Waals surface area contributed by atoms with Crippen LogP contribution in [0.4, 0.5) is 5.69 Å². The third-order valence-corrected chi connectivity index (χ3v) is 2.28. The SMILES string of the molecule is CCON(C)C(=O)c1cc(Cl)c(N)cc1O. The summed E-state index contributed by atoms with van der Waals surface area (Å²) in [7, 11) is 1.45. The maximum atomic E-state index is 11.8. The van der Waals surface area contributed by atoms with Crippen LogP contribution < -0.4 is 5.73 Å². The molecule has 1 aromatic rings. The van der Waals surface area contributed by atoms with Gasteiger partial charge in [-0.2, -0.15) is 0 Å². The van der Waals surface area contributed by atoms with Crippen LogP contribution in [0.25, 0.3) is 0 Å². The van der Waals surface area contributed by atoms with Crippen molar-refractivity contribution >= 4 is 23.2 Å². The van der Waals surface area contributed by atoms with Crippen molar-refractivity contribution in [2.75, 3.05) is 19.4 Å². The molecule has 0 atom stereocenters. The summed E-state index contributed by atoms with van der Waals surface area (Å²) in [6.07, 6.45) is 0. The Morgan fingerprint density at radius 2 is 2.25 bits per heavy atom. The number of phenolic OH excluding ortho intramolecular Hbond substituents is 1. The molecule has 0 aliphatic heterocycles. The molecule has 0 saturated heterocycles. The fourth-order valence-corrected chi connectivity index (χ4v) is 1.33. The number of carbonyl (C=O) groups excluding carboxylic acids is 1. The highest BCUT2D eigenvalue weighted by molar-refractivity contribution is 6.33. The first-order valence-electron chi connectivity index (χ1n) is 4.66. The summed E-state index contributed by atoms with van der Waals surface area (Å²) in [4.78, 5) is 16.7. The van der Waals surface area contributed by atoms with Gasteiger partial charge in [-0.15, -0.1) is 0 Å². The van der Waals surface area contributed by atoms with Crippen LogP contribution in [-0.2, 0) is 4.84 Å². The number of rotatable bonds is 3. The van der Waals surface area contributed by atoms with Gasteiger partial charge in [0, 0.05) is 13.1 Å². The summed E-state index contributed by atoms with van der Waals surface area (Å²) >= 11 is 5.76. The lowest BCUT2D eigenvalue weighted by molar-refractivity contribution is -0.100. The number of hydrogen-bond acceptors (Lipinski definition) is 4. The number of hydroxylamine groups is 2. The highest BCUT2D eigenvalue weighted by Crippen LogP contribution is 2.28. The van der Waals surface area contributed by atoms with Crippen molar-refractivity contribution in [1.82, 2.24) is 5.06 Å². The molecule has 0 heterocycles. The fraction of sp³-hybridized carbons (Fsp3) is 0.300. The number of carbonyl (C=O) groups is 1. The summed E-state index contributed by atoms with van der Waals surface area (Å²) in [5.41, 5.74) is 5.74. The van der Waals surface area contributed by atoms with Crippen molar-refractivity contribution in [3.8, 4) is 5.75 Å². The monoisotopic (exact) mass is 244 g/mol. The first kappa shape index (κ1) is 12.6. The number of phenols is 1. The van der Waals surface area contributed by atoms with Crippen molar-refractivity contribution in [2.45, 2.75) is 6.92 Å². The third-order valence-electron chi connectivity index (χ3n) is 1.95. The molecule has 1 rings (SSSR count). The zero-order valence-corrected chi connectivity index (χ0v) is 9.78. The first-order valence-corrected chi connectivity index (χ1v) is 5.04. The Morgan fingerprint density at radius 3 is 2.81 bits per heavy atom. The largest absolute Gasteiger partial charge is 0.507 e. The Morgan fingerprint density at radius 1 is 1.62 bits per heavy atom. The number of nitrogens with two attached hydrogens (primary N) is 1. The average Bonchev–Trinajstić information content (AvgIpc) is 2.23. The Hall–Kier alpha value is -1.46. The van der Waals surface area contributed by atoms with Crippen LogP contribution in [0, 0.1) is 0 Å². The molecule has 0 radical (unpaired) electrons. The van der Waals surface area contributed by atoms with Crippen molar-refractivity contribution in [3.63, 3.8) is 0 Å². The average molecular weight is 245 g/mol. The zero-order valence-electron chi connectivity index (χ0n) is 9.03. The number of anilines is 1. The molecule has 16 heavy (non-hydrogen) atoms. The predicted molar refractivity (Wildman–Crippen MR) is 61.2 cm³/mol.